The summed E-state index contributed by atoms with van der Waals surface area (Å²) in [6.45, 7) is 0.965. The number of thioether (sulfide) groups is 1. The first kappa shape index (κ1) is 13.2. The molecule has 4 nitrogen and oxygen atoms in total. The Bertz CT molecular complexity index is 406. The number of anilines is 1. The Morgan fingerprint density at radius 1 is 1.56 bits per heavy atom. The molecule has 1 aromatic rings. The molecule has 0 bridgehead atoms. The minimum Gasteiger partial charge on any atom is -0.492 e. The van der Waals surface area contributed by atoms with Crippen molar-refractivity contribution in [3.05, 3.63) is 24.3 Å². The van der Waals surface area contributed by atoms with Gasteiger partial charge in [-0.05, 0) is 24.3 Å². The lowest BCUT2D eigenvalue weighted by Crippen LogP contribution is -2.22. The van der Waals surface area contributed by atoms with Crippen molar-refractivity contribution in [2.75, 3.05) is 30.0 Å². The number of amides is 1. The van der Waals surface area contributed by atoms with Gasteiger partial charge >= 0.3 is 0 Å². The summed E-state index contributed by atoms with van der Waals surface area (Å²) in [5, 5.41) is 2.94. The first-order chi connectivity index (χ1) is 8.79. The summed E-state index contributed by atoms with van der Waals surface area (Å²) < 4.78 is 5.42. The number of carbonyl (C=O) groups is 1. The van der Waals surface area contributed by atoms with Gasteiger partial charge in [0.05, 0.1) is 0 Å². The second-order valence-corrected chi connectivity index (χ2v) is 5.36. The molecule has 1 aliphatic rings. The van der Waals surface area contributed by atoms with Gasteiger partial charge in [-0.25, -0.2) is 0 Å². The largest absolute Gasteiger partial charge is 0.492 e. The lowest BCUT2D eigenvalue weighted by atomic mass is 10.1. The van der Waals surface area contributed by atoms with E-state index in [0.717, 1.165) is 29.4 Å². The van der Waals surface area contributed by atoms with Crippen molar-refractivity contribution in [3.63, 3.8) is 0 Å². The Morgan fingerprint density at radius 2 is 2.44 bits per heavy atom. The number of benzene rings is 1. The minimum atomic E-state index is 0.107. The second-order valence-electron chi connectivity index (χ2n) is 4.21. The monoisotopic (exact) mass is 266 g/mol. The molecule has 1 fully saturated rings. The predicted octanol–water partition coefficient (Wildman–Crippen LogP) is 1.72. The Kier molecular flexibility index (Phi) is 4.90. The van der Waals surface area contributed by atoms with E-state index >= 15 is 0 Å². The Labute approximate surface area is 111 Å². The van der Waals surface area contributed by atoms with Gasteiger partial charge in [-0.2, -0.15) is 11.8 Å². The van der Waals surface area contributed by atoms with E-state index in [0.29, 0.717) is 13.2 Å². The zero-order chi connectivity index (χ0) is 12.8. The molecule has 0 radical (unpaired) electrons. The number of rotatable bonds is 5. The van der Waals surface area contributed by atoms with Crippen LogP contribution >= 0.6 is 11.8 Å². The molecular weight excluding hydrogens is 248 g/mol. The highest BCUT2D eigenvalue weighted by Crippen LogP contribution is 2.25. The molecule has 3 N–H and O–H groups in total. The maximum Gasteiger partial charge on any atom is 0.228 e. The highest BCUT2D eigenvalue weighted by molar-refractivity contribution is 7.99. The average molecular weight is 266 g/mol. The molecule has 1 atom stereocenters. The number of hydrogen-bond acceptors (Lipinski definition) is 4. The van der Waals surface area contributed by atoms with Crippen molar-refractivity contribution in [1.82, 2.24) is 0 Å². The fourth-order valence-electron chi connectivity index (χ4n) is 1.83. The molecule has 1 saturated heterocycles. The second kappa shape index (κ2) is 6.66. The van der Waals surface area contributed by atoms with Crippen LogP contribution in [0.3, 0.4) is 0 Å². The van der Waals surface area contributed by atoms with Crippen LogP contribution in [0.5, 0.6) is 5.75 Å². The maximum absolute atomic E-state index is 12.0. The molecule has 0 aliphatic carbocycles. The Morgan fingerprint density at radius 3 is 3.17 bits per heavy atom. The Balaban J connectivity index is 1.93. The molecule has 2 rings (SSSR count). The van der Waals surface area contributed by atoms with Crippen LogP contribution in [-0.4, -0.2) is 30.6 Å². The van der Waals surface area contributed by atoms with Crippen molar-refractivity contribution < 1.29 is 9.53 Å². The van der Waals surface area contributed by atoms with Crippen LogP contribution in [0.1, 0.15) is 6.42 Å². The van der Waals surface area contributed by atoms with Gasteiger partial charge in [-0.3, -0.25) is 4.79 Å². The highest BCUT2D eigenvalue weighted by atomic mass is 32.2. The summed E-state index contributed by atoms with van der Waals surface area (Å²) in [6, 6.07) is 7.42. The third-order valence-electron chi connectivity index (χ3n) is 2.79. The Hall–Kier alpha value is -1.20. The van der Waals surface area contributed by atoms with Crippen molar-refractivity contribution in [2.24, 2.45) is 11.7 Å². The standard InChI is InChI=1S/C13H18N2O2S/c14-5-6-17-12-3-1-2-11(8-12)15-13(16)10-4-7-18-9-10/h1-3,8,10H,4-7,9,14H2,(H,15,16). The van der Waals surface area contributed by atoms with Gasteiger partial charge in [0.25, 0.3) is 0 Å². The topological polar surface area (TPSA) is 64.3 Å². The molecule has 1 aliphatic heterocycles. The van der Waals surface area contributed by atoms with Gasteiger partial charge in [0, 0.05) is 30.0 Å². The number of nitrogens with one attached hydrogen (secondary N) is 1. The van der Waals surface area contributed by atoms with Gasteiger partial charge in [0.1, 0.15) is 12.4 Å². The van der Waals surface area contributed by atoms with Crippen molar-refractivity contribution in [1.29, 1.82) is 0 Å². The van der Waals surface area contributed by atoms with Crippen LogP contribution in [-0.2, 0) is 4.79 Å². The zero-order valence-electron chi connectivity index (χ0n) is 10.2. The van der Waals surface area contributed by atoms with Crippen molar-refractivity contribution in [3.8, 4) is 5.75 Å². The fourth-order valence-corrected chi connectivity index (χ4v) is 3.05. The van der Waals surface area contributed by atoms with E-state index in [4.69, 9.17) is 10.5 Å². The lowest BCUT2D eigenvalue weighted by molar-refractivity contribution is -0.119. The third-order valence-corrected chi connectivity index (χ3v) is 3.95. The van der Waals surface area contributed by atoms with E-state index < -0.39 is 0 Å². The van der Waals surface area contributed by atoms with Crippen molar-refractivity contribution >= 4 is 23.4 Å². The first-order valence-electron chi connectivity index (χ1n) is 6.11. The normalized spacial score (nSPS) is 18.6. The van der Waals surface area contributed by atoms with Gasteiger partial charge in [-0.15, -0.1) is 0 Å². The molecule has 5 heteroatoms. The molecule has 0 aromatic heterocycles. The molecule has 1 unspecified atom stereocenters. The zero-order valence-corrected chi connectivity index (χ0v) is 11.0. The summed E-state index contributed by atoms with van der Waals surface area (Å²) in [6.07, 6.45) is 0.972. The number of ether oxygens (including phenoxy) is 1. The molecule has 1 amide bonds. The van der Waals surface area contributed by atoms with E-state index in [1.807, 2.05) is 36.0 Å². The summed E-state index contributed by atoms with van der Waals surface area (Å²) in [5.41, 5.74) is 6.16. The number of carbonyl (C=O) groups excluding carboxylic acids is 1. The molecule has 0 spiro atoms. The van der Waals surface area contributed by atoms with E-state index in [1.165, 1.54) is 0 Å². The van der Waals surface area contributed by atoms with Gasteiger partial charge in [0.2, 0.25) is 5.91 Å². The first-order valence-corrected chi connectivity index (χ1v) is 7.26. The van der Waals surface area contributed by atoms with Crippen LogP contribution in [0.25, 0.3) is 0 Å². The summed E-state index contributed by atoms with van der Waals surface area (Å²) in [5.74, 6) is 2.99. The minimum absolute atomic E-state index is 0.107. The SMILES string of the molecule is NCCOc1cccc(NC(=O)C2CCSC2)c1. The van der Waals surface area contributed by atoms with E-state index in [2.05, 4.69) is 5.32 Å². The van der Waals surface area contributed by atoms with Gasteiger partial charge in [-0.1, -0.05) is 6.07 Å². The van der Waals surface area contributed by atoms with Crippen LogP contribution in [0, 0.1) is 5.92 Å². The van der Waals surface area contributed by atoms with Crippen LogP contribution in [0.2, 0.25) is 0 Å². The van der Waals surface area contributed by atoms with Crippen LogP contribution in [0.4, 0.5) is 5.69 Å². The molecule has 18 heavy (non-hydrogen) atoms. The van der Waals surface area contributed by atoms with Crippen LogP contribution in [0.15, 0.2) is 24.3 Å². The summed E-state index contributed by atoms with van der Waals surface area (Å²) in [4.78, 5) is 12.0. The highest BCUT2D eigenvalue weighted by Gasteiger charge is 2.23. The number of nitrogens with two attached hydrogens (primary N) is 1. The van der Waals surface area contributed by atoms with Gasteiger partial charge < -0.3 is 15.8 Å². The number of hydrogen-bond donors (Lipinski definition) is 2. The van der Waals surface area contributed by atoms with E-state index in [-0.39, 0.29) is 11.8 Å². The summed E-state index contributed by atoms with van der Waals surface area (Å²) >= 11 is 1.84. The average Bonchev–Trinajstić information content (AvgIpc) is 2.91. The van der Waals surface area contributed by atoms with Crippen molar-refractivity contribution in [2.45, 2.75) is 6.42 Å². The molecule has 1 aromatic carbocycles. The third kappa shape index (κ3) is 3.65. The van der Waals surface area contributed by atoms with Gasteiger partial charge in [0.15, 0.2) is 0 Å². The maximum atomic E-state index is 12.0. The van der Waals surface area contributed by atoms with Crippen LogP contribution < -0.4 is 15.8 Å². The molecule has 1 heterocycles. The smallest absolute Gasteiger partial charge is 0.228 e. The quantitative estimate of drug-likeness (QED) is 0.851. The molecule has 0 saturated carbocycles. The summed E-state index contributed by atoms with van der Waals surface area (Å²) in [7, 11) is 0. The lowest BCUT2D eigenvalue weighted by Gasteiger charge is -2.11. The predicted molar refractivity (Wildman–Crippen MR) is 75.1 cm³/mol. The molecule has 98 valence electrons. The van der Waals surface area contributed by atoms with E-state index in [1.54, 1.807) is 0 Å². The van der Waals surface area contributed by atoms with E-state index in [9.17, 15) is 4.79 Å². The fraction of sp³-hybridized carbons (Fsp3) is 0.462. The molecular formula is C13H18N2O2S.